The van der Waals surface area contributed by atoms with Gasteiger partial charge in [-0.25, -0.2) is 0 Å². The van der Waals surface area contributed by atoms with Crippen molar-refractivity contribution in [3.05, 3.63) is 25.3 Å². The molecular weight excluding hydrogens is 520 g/mol. The maximum Gasteiger partial charge on any atom is 0.310 e. The van der Waals surface area contributed by atoms with Gasteiger partial charge in [0.15, 0.2) is 0 Å². The van der Waals surface area contributed by atoms with Crippen molar-refractivity contribution in [2.45, 2.75) is 72.9 Å². The third-order valence-electron chi connectivity index (χ3n) is 7.27. The van der Waals surface area contributed by atoms with Crippen molar-refractivity contribution in [2.75, 3.05) is 26.3 Å². The summed E-state index contributed by atoms with van der Waals surface area (Å²) in [6.07, 6.45) is 6.76. The molecule has 2 amide bonds. The Balaban J connectivity index is 2.00. The predicted octanol–water partition coefficient (Wildman–Crippen LogP) is 3.16. The van der Waals surface area contributed by atoms with E-state index in [9.17, 15) is 19.5 Å². The fourth-order valence-corrected chi connectivity index (χ4v) is 9.45. The molecule has 0 saturated carbocycles. The molecule has 0 aromatic heterocycles. The zero-order valence-corrected chi connectivity index (χ0v) is 22.6. The topological polar surface area (TPSA) is 87.2 Å². The van der Waals surface area contributed by atoms with Crippen LogP contribution in [0, 0.1) is 11.8 Å². The lowest BCUT2D eigenvalue weighted by molar-refractivity contribution is -0.154. The normalized spacial score (nSPS) is 32.4. The Morgan fingerprint density at radius 1 is 1.41 bits per heavy atom. The molecule has 0 aromatic carbocycles. The van der Waals surface area contributed by atoms with Crippen molar-refractivity contribution in [1.29, 1.82) is 0 Å². The van der Waals surface area contributed by atoms with E-state index in [4.69, 9.17) is 4.74 Å². The number of thioether (sulfide) groups is 1. The van der Waals surface area contributed by atoms with E-state index in [0.717, 1.165) is 12.8 Å². The molecule has 0 aliphatic carbocycles. The summed E-state index contributed by atoms with van der Waals surface area (Å²) in [4.78, 5) is 44.6. The molecular formula is C25H37BrN2O5S. The molecule has 1 N–H and O–H groups in total. The Morgan fingerprint density at radius 3 is 2.76 bits per heavy atom. The summed E-state index contributed by atoms with van der Waals surface area (Å²) in [5, 5.41) is 9.36. The number of hydrogen-bond donors (Lipinski definition) is 1. The van der Waals surface area contributed by atoms with Crippen LogP contribution in [0.25, 0.3) is 0 Å². The van der Waals surface area contributed by atoms with Gasteiger partial charge in [-0.15, -0.1) is 24.9 Å². The van der Waals surface area contributed by atoms with E-state index in [1.807, 2.05) is 11.8 Å². The molecule has 3 saturated heterocycles. The fraction of sp³-hybridized carbons (Fsp3) is 0.720. The molecule has 7 nitrogen and oxygen atoms in total. The van der Waals surface area contributed by atoms with Crippen molar-refractivity contribution < 1.29 is 24.2 Å². The predicted molar refractivity (Wildman–Crippen MR) is 138 cm³/mol. The van der Waals surface area contributed by atoms with Crippen LogP contribution < -0.4 is 0 Å². The minimum absolute atomic E-state index is 0.00350. The molecule has 0 radical (unpaired) electrons. The third-order valence-corrected chi connectivity index (χ3v) is 10.5. The number of hydrogen-bond acceptors (Lipinski definition) is 6. The van der Waals surface area contributed by atoms with Gasteiger partial charge >= 0.3 is 5.97 Å². The van der Waals surface area contributed by atoms with Crippen LogP contribution in [0.5, 0.6) is 0 Å². The van der Waals surface area contributed by atoms with Gasteiger partial charge in [0.2, 0.25) is 11.8 Å². The number of amides is 2. The van der Waals surface area contributed by atoms with Crippen LogP contribution in [-0.4, -0.2) is 85.9 Å². The molecule has 0 aromatic rings. The SMILES string of the molecule is C=CCCOC(=O)[C@H]1[C@@H]2SC3(CC2Br)C(C(=O)N(CC=C)C(C)CCC)N(CCCO)C(=O)[C@H]13. The first-order valence-electron chi connectivity index (χ1n) is 12.2. The van der Waals surface area contributed by atoms with E-state index < -0.39 is 22.6 Å². The minimum Gasteiger partial charge on any atom is -0.465 e. The molecule has 3 aliphatic rings. The maximum atomic E-state index is 14.2. The largest absolute Gasteiger partial charge is 0.465 e. The van der Waals surface area contributed by atoms with Crippen molar-refractivity contribution in [3.63, 3.8) is 0 Å². The van der Waals surface area contributed by atoms with Crippen LogP contribution in [0.3, 0.4) is 0 Å². The summed E-state index contributed by atoms with van der Waals surface area (Å²) in [5.74, 6) is -1.85. The fourth-order valence-electron chi connectivity index (χ4n) is 5.86. The highest BCUT2D eigenvalue weighted by Gasteiger charge is 2.76. The van der Waals surface area contributed by atoms with Crippen LogP contribution in [0.4, 0.5) is 0 Å². The smallest absolute Gasteiger partial charge is 0.310 e. The summed E-state index contributed by atoms with van der Waals surface area (Å²) < 4.78 is 4.83. The van der Waals surface area contributed by atoms with Crippen molar-refractivity contribution in [1.82, 2.24) is 9.80 Å². The zero-order chi connectivity index (χ0) is 25.0. The lowest BCUT2D eigenvalue weighted by Gasteiger charge is -2.39. The molecule has 7 atom stereocenters. The van der Waals surface area contributed by atoms with E-state index >= 15 is 0 Å². The molecule has 3 rings (SSSR count). The number of aliphatic hydroxyl groups is 1. The summed E-state index contributed by atoms with van der Waals surface area (Å²) in [7, 11) is 0. The maximum absolute atomic E-state index is 14.2. The van der Waals surface area contributed by atoms with Gasteiger partial charge in [0.25, 0.3) is 0 Å². The van der Waals surface area contributed by atoms with Gasteiger partial charge in [-0.2, -0.15) is 0 Å². The number of alkyl halides is 1. The minimum atomic E-state index is -0.698. The summed E-state index contributed by atoms with van der Waals surface area (Å²) in [5.41, 5.74) is 0. The number of carbonyl (C=O) groups is 3. The third kappa shape index (κ3) is 4.72. The summed E-state index contributed by atoms with van der Waals surface area (Å²) >= 11 is 5.36. The summed E-state index contributed by atoms with van der Waals surface area (Å²) in [6, 6.07) is -0.680. The van der Waals surface area contributed by atoms with Gasteiger partial charge in [-0.05, 0) is 32.6 Å². The molecule has 3 fully saturated rings. The molecule has 4 unspecified atom stereocenters. The first-order chi connectivity index (χ1) is 16.3. The number of halogens is 1. The van der Waals surface area contributed by atoms with Crippen LogP contribution in [0.15, 0.2) is 25.3 Å². The second-order valence-electron chi connectivity index (χ2n) is 9.43. The number of likely N-dealkylation sites (tertiary alicyclic amines) is 1. The van der Waals surface area contributed by atoms with Crippen LogP contribution in [-0.2, 0) is 19.1 Å². The van der Waals surface area contributed by atoms with Gasteiger partial charge in [-0.3, -0.25) is 14.4 Å². The zero-order valence-electron chi connectivity index (χ0n) is 20.2. The van der Waals surface area contributed by atoms with Gasteiger partial charge in [0.1, 0.15) is 6.04 Å². The monoisotopic (exact) mass is 556 g/mol. The first kappa shape index (κ1) is 27.3. The van der Waals surface area contributed by atoms with Gasteiger partial charge in [0.05, 0.1) is 23.2 Å². The standard InChI is InChI=1S/C25H37BrN2O5S/c1-5-8-14-33-24(32)18-19-22(30)28(12-9-13-29)21(25(19)15-17(26)20(18)34-25)23(31)27(11-7-3)16(4)10-6-2/h5,7,16-21,29H,1,3,6,8-15H2,2,4H3/t16?,17?,18-,19+,20-,21?,25?/m1/s1. The number of carbonyl (C=O) groups excluding carboxylic acids is 3. The van der Waals surface area contributed by atoms with Crippen molar-refractivity contribution >= 4 is 45.5 Å². The molecule has 190 valence electrons. The molecule has 3 heterocycles. The Labute approximate surface area is 215 Å². The first-order valence-corrected chi connectivity index (χ1v) is 14.0. The van der Waals surface area contributed by atoms with E-state index in [0.29, 0.717) is 25.8 Å². The van der Waals surface area contributed by atoms with E-state index in [2.05, 4.69) is 36.0 Å². The average molecular weight is 558 g/mol. The second-order valence-corrected chi connectivity index (χ2v) is 12.2. The Bertz CT molecular complexity index is 810. The van der Waals surface area contributed by atoms with Crippen LogP contribution >= 0.6 is 27.7 Å². The molecule has 1 spiro atoms. The van der Waals surface area contributed by atoms with Gasteiger partial charge in [0, 0.05) is 35.8 Å². The Morgan fingerprint density at radius 2 is 2.15 bits per heavy atom. The molecule has 3 aliphatic heterocycles. The molecule has 34 heavy (non-hydrogen) atoms. The van der Waals surface area contributed by atoms with Crippen LogP contribution in [0.2, 0.25) is 0 Å². The number of ether oxygens (including phenoxy) is 1. The number of rotatable bonds is 13. The number of esters is 1. The average Bonchev–Trinajstić information content (AvgIpc) is 3.39. The lowest BCUT2D eigenvalue weighted by Crippen LogP contribution is -2.57. The quantitative estimate of drug-likeness (QED) is 0.162. The number of fused-ring (bicyclic) bond motifs is 1. The number of aliphatic hydroxyl groups excluding tert-OH is 1. The lowest BCUT2D eigenvalue weighted by atomic mass is 9.71. The number of nitrogens with zero attached hydrogens (tertiary/aromatic N) is 2. The van der Waals surface area contributed by atoms with E-state index in [-0.39, 0.29) is 53.7 Å². The van der Waals surface area contributed by atoms with Gasteiger partial charge in [-0.1, -0.05) is 41.4 Å². The van der Waals surface area contributed by atoms with Crippen LogP contribution in [0.1, 0.15) is 46.0 Å². The summed E-state index contributed by atoms with van der Waals surface area (Å²) in [6.45, 7) is 12.5. The van der Waals surface area contributed by atoms with Gasteiger partial charge < -0.3 is 19.6 Å². The van der Waals surface area contributed by atoms with Crippen molar-refractivity contribution in [3.8, 4) is 0 Å². The molecule has 9 heteroatoms. The second kappa shape index (κ2) is 11.6. The molecule has 2 bridgehead atoms. The highest BCUT2D eigenvalue weighted by Crippen LogP contribution is 2.68. The Hall–Kier alpha value is -1.32. The highest BCUT2D eigenvalue weighted by atomic mass is 79.9. The van der Waals surface area contributed by atoms with E-state index in [1.54, 1.807) is 28.8 Å². The highest BCUT2D eigenvalue weighted by molar-refractivity contribution is 9.09. The van der Waals surface area contributed by atoms with Crippen molar-refractivity contribution in [2.24, 2.45) is 11.8 Å². The van der Waals surface area contributed by atoms with E-state index in [1.165, 1.54) is 0 Å². The Kier molecular flexibility index (Phi) is 9.31.